The van der Waals surface area contributed by atoms with E-state index in [2.05, 4.69) is 79.7 Å². The first-order valence-corrected chi connectivity index (χ1v) is 11.4. The van der Waals surface area contributed by atoms with Gasteiger partial charge in [0.15, 0.2) is 9.79 Å². The molecule has 1 unspecified atom stereocenters. The van der Waals surface area contributed by atoms with Crippen molar-refractivity contribution in [3.05, 3.63) is 57.6 Å². The predicted molar refractivity (Wildman–Crippen MR) is 120 cm³/mol. The summed E-state index contributed by atoms with van der Waals surface area (Å²) in [6.07, 6.45) is 0. The molecule has 0 radical (unpaired) electrons. The molecule has 0 heterocycles. The summed E-state index contributed by atoms with van der Waals surface area (Å²) in [5.74, 6) is 0.0992. The van der Waals surface area contributed by atoms with E-state index in [0.717, 1.165) is 0 Å². The van der Waals surface area contributed by atoms with Crippen LogP contribution in [0.5, 0.6) is 0 Å². The zero-order chi connectivity index (χ0) is 21.2. The van der Waals surface area contributed by atoms with Crippen molar-refractivity contribution >= 4 is 16.9 Å². The largest absolute Gasteiger partial charge is 0.462 e. The summed E-state index contributed by atoms with van der Waals surface area (Å²) in [5.41, 5.74) is 7.56. The van der Waals surface area contributed by atoms with Crippen LogP contribution in [0.1, 0.15) is 54.2 Å². The molecule has 0 spiro atoms. The van der Waals surface area contributed by atoms with Crippen molar-refractivity contribution in [3.8, 4) is 0 Å². The van der Waals surface area contributed by atoms with Crippen molar-refractivity contribution in [3.63, 3.8) is 0 Å². The van der Waals surface area contributed by atoms with Crippen LogP contribution in [0.2, 0.25) is 0 Å². The van der Waals surface area contributed by atoms with Gasteiger partial charge in [-0.15, -0.1) is 0 Å². The molecule has 2 nitrogen and oxygen atoms in total. The molecule has 0 aromatic heterocycles. The van der Waals surface area contributed by atoms with Crippen LogP contribution in [-0.4, -0.2) is 17.8 Å². The molecule has 152 valence electrons. The summed E-state index contributed by atoms with van der Waals surface area (Å²) in [4.78, 5) is 15.7. The van der Waals surface area contributed by atoms with Crippen LogP contribution < -0.4 is 0 Å². The number of carbonyl (C=O) groups is 1. The highest BCUT2D eigenvalue weighted by molar-refractivity contribution is 7.98. The minimum absolute atomic E-state index is 0.0837. The molecule has 3 heteroatoms. The van der Waals surface area contributed by atoms with E-state index >= 15 is 0 Å². The molecule has 2 rings (SSSR count). The van der Waals surface area contributed by atoms with Crippen LogP contribution in [0.3, 0.4) is 0 Å². The van der Waals surface area contributed by atoms with Crippen molar-refractivity contribution in [1.82, 2.24) is 0 Å². The van der Waals surface area contributed by atoms with E-state index in [0.29, 0.717) is 6.61 Å². The Morgan fingerprint density at radius 1 is 0.821 bits per heavy atom. The summed E-state index contributed by atoms with van der Waals surface area (Å²) >= 11 is 0. The SMILES string of the molecule is CCOC(=O)C(C(C)C)[S+](c1c(C)cc(C)cc1C)c1c(C)cc(C)cc1C. The lowest BCUT2D eigenvalue weighted by atomic mass is 10.1. The molecule has 0 fully saturated rings. The van der Waals surface area contributed by atoms with Gasteiger partial charge in [0.1, 0.15) is 0 Å². The van der Waals surface area contributed by atoms with Crippen LogP contribution >= 0.6 is 0 Å². The van der Waals surface area contributed by atoms with Gasteiger partial charge in [0.25, 0.3) is 0 Å². The molecule has 0 saturated heterocycles. The second-order valence-corrected chi connectivity index (χ2v) is 10.2. The highest BCUT2D eigenvalue weighted by Gasteiger charge is 2.47. The number of aryl methyl sites for hydroxylation is 6. The van der Waals surface area contributed by atoms with Gasteiger partial charge < -0.3 is 4.74 Å². The highest BCUT2D eigenvalue weighted by Crippen LogP contribution is 2.39. The van der Waals surface area contributed by atoms with E-state index in [4.69, 9.17) is 4.74 Å². The summed E-state index contributed by atoms with van der Waals surface area (Å²) in [6.45, 7) is 19.6. The van der Waals surface area contributed by atoms with E-state index in [1.807, 2.05) is 6.92 Å². The molecule has 0 aliphatic heterocycles. The number of hydrogen-bond acceptors (Lipinski definition) is 2. The predicted octanol–water partition coefficient (Wildman–Crippen LogP) is 6.16. The third kappa shape index (κ3) is 4.63. The zero-order valence-electron chi connectivity index (χ0n) is 18.9. The lowest BCUT2D eigenvalue weighted by molar-refractivity contribution is -0.143. The summed E-state index contributed by atoms with van der Waals surface area (Å²) in [7, 11) is -0.388. The molecule has 0 amide bonds. The monoisotopic (exact) mass is 399 g/mol. The summed E-state index contributed by atoms with van der Waals surface area (Å²) < 4.78 is 5.56. The topological polar surface area (TPSA) is 26.3 Å². The average molecular weight is 400 g/mol. The second kappa shape index (κ2) is 9.17. The van der Waals surface area contributed by atoms with Crippen molar-refractivity contribution in [1.29, 1.82) is 0 Å². The highest BCUT2D eigenvalue weighted by atomic mass is 32.2. The maximum Gasteiger partial charge on any atom is 0.360 e. The van der Waals surface area contributed by atoms with E-state index < -0.39 is 0 Å². The number of hydrogen-bond donors (Lipinski definition) is 0. The van der Waals surface area contributed by atoms with Gasteiger partial charge in [-0.2, -0.15) is 0 Å². The maximum absolute atomic E-state index is 13.1. The molecule has 0 saturated carbocycles. The fraction of sp³-hybridized carbons (Fsp3) is 0.480. The van der Waals surface area contributed by atoms with Gasteiger partial charge in [0, 0.05) is 28.2 Å². The zero-order valence-corrected chi connectivity index (χ0v) is 19.7. The van der Waals surface area contributed by atoms with Crippen LogP contribution in [0, 0.1) is 47.5 Å². The Morgan fingerprint density at radius 3 is 1.46 bits per heavy atom. The second-order valence-electron chi connectivity index (χ2n) is 8.21. The van der Waals surface area contributed by atoms with Crippen LogP contribution in [0.25, 0.3) is 0 Å². The van der Waals surface area contributed by atoms with Gasteiger partial charge in [-0.25, -0.2) is 4.79 Å². The minimum atomic E-state index is -0.388. The fourth-order valence-electron chi connectivity index (χ4n) is 4.25. The maximum atomic E-state index is 13.1. The van der Waals surface area contributed by atoms with Crippen molar-refractivity contribution in [2.24, 2.45) is 5.92 Å². The minimum Gasteiger partial charge on any atom is -0.462 e. The lowest BCUT2D eigenvalue weighted by Crippen LogP contribution is -2.38. The van der Waals surface area contributed by atoms with E-state index in [9.17, 15) is 4.79 Å². The van der Waals surface area contributed by atoms with Gasteiger partial charge in [0.2, 0.25) is 5.25 Å². The first kappa shape index (κ1) is 22.5. The third-order valence-electron chi connectivity index (χ3n) is 5.03. The molecule has 2 aromatic carbocycles. The van der Waals surface area contributed by atoms with Crippen molar-refractivity contribution in [2.75, 3.05) is 6.61 Å². The molecule has 0 bridgehead atoms. The van der Waals surface area contributed by atoms with Crippen LogP contribution in [-0.2, 0) is 20.4 Å². The molecule has 0 aliphatic rings. The van der Waals surface area contributed by atoms with E-state index in [-0.39, 0.29) is 28.0 Å². The Kier molecular flexibility index (Phi) is 7.39. The van der Waals surface area contributed by atoms with Crippen LogP contribution in [0.15, 0.2) is 34.1 Å². The third-order valence-corrected chi connectivity index (χ3v) is 8.44. The number of esters is 1. The molecule has 1 atom stereocenters. The fourth-order valence-corrected chi connectivity index (χ4v) is 7.39. The number of benzene rings is 2. The number of ether oxygens (including phenoxy) is 1. The van der Waals surface area contributed by atoms with Gasteiger partial charge in [-0.1, -0.05) is 49.2 Å². The number of carbonyl (C=O) groups excluding carboxylic acids is 1. The lowest BCUT2D eigenvalue weighted by Gasteiger charge is -2.25. The van der Waals surface area contributed by atoms with E-state index in [1.165, 1.54) is 43.2 Å². The normalized spacial score (nSPS) is 12.5. The van der Waals surface area contributed by atoms with Crippen molar-refractivity contribution in [2.45, 2.75) is 77.4 Å². The average Bonchev–Trinajstić information content (AvgIpc) is 2.52. The molecular weight excluding hydrogens is 364 g/mol. The number of rotatable bonds is 6. The first-order valence-electron chi connectivity index (χ1n) is 10.1. The molecule has 0 N–H and O–H groups in total. The molecule has 28 heavy (non-hydrogen) atoms. The molecule has 0 aliphatic carbocycles. The Bertz CT molecular complexity index is 763. The van der Waals surface area contributed by atoms with Crippen LogP contribution in [0.4, 0.5) is 0 Å². The summed E-state index contributed by atoms with van der Waals surface area (Å²) in [5, 5.41) is -0.194. The van der Waals surface area contributed by atoms with E-state index in [1.54, 1.807) is 0 Å². The van der Waals surface area contributed by atoms with Gasteiger partial charge in [-0.3, -0.25) is 0 Å². The van der Waals surface area contributed by atoms with Crippen molar-refractivity contribution < 1.29 is 9.53 Å². The first-order chi connectivity index (χ1) is 13.1. The molecular formula is C25H35O2S+. The van der Waals surface area contributed by atoms with Gasteiger partial charge in [-0.05, 0) is 48.5 Å². The smallest absolute Gasteiger partial charge is 0.360 e. The Morgan fingerprint density at radius 2 is 1.18 bits per heavy atom. The molecule has 2 aromatic rings. The van der Waals surface area contributed by atoms with Gasteiger partial charge in [0.05, 0.1) is 17.5 Å². The Balaban J connectivity index is 2.86. The Labute approximate surface area is 174 Å². The standard InChI is InChI=1S/C25H35O2S/c1-10-27-25(26)22(15(2)3)28(23-18(6)11-16(4)12-19(23)7)24-20(8)13-17(5)14-21(24)9/h11-15,22H,10H2,1-9H3/q+1. The van der Waals surface area contributed by atoms with Gasteiger partial charge >= 0.3 is 5.97 Å². The quantitative estimate of drug-likeness (QED) is 0.429. The summed E-state index contributed by atoms with van der Waals surface area (Å²) in [6, 6.07) is 8.96. The Hall–Kier alpha value is -1.74.